The molecule has 0 fully saturated rings. The summed E-state index contributed by atoms with van der Waals surface area (Å²) in [5, 5.41) is 1.74. The van der Waals surface area contributed by atoms with E-state index in [4.69, 9.17) is 16.3 Å². The van der Waals surface area contributed by atoms with Crippen LogP contribution in [0.15, 0.2) is 52.4 Å². The molecular formula is C18H17ClN2O2S. The standard InChI is InChI=1S/C18H17ClN2O2S/c1-3-10-24-18-20-14-11-12(19)8-9-13(14)17(22)21(18)15-6-4-5-7-16(15)23-2/h4-9,11H,3,10H2,1-2H3. The van der Waals surface area contributed by atoms with Gasteiger partial charge in [-0.2, -0.15) is 0 Å². The molecule has 1 aromatic heterocycles. The Morgan fingerprint density at radius 3 is 2.79 bits per heavy atom. The lowest BCUT2D eigenvalue weighted by molar-refractivity contribution is 0.411. The minimum absolute atomic E-state index is 0.125. The SMILES string of the molecule is CCCSc1nc2cc(Cl)ccc2c(=O)n1-c1ccccc1OC. The number of methoxy groups -OCH3 is 1. The number of hydrogen-bond donors (Lipinski definition) is 0. The van der Waals surface area contributed by atoms with E-state index in [-0.39, 0.29) is 5.56 Å². The van der Waals surface area contributed by atoms with Crippen molar-refractivity contribution in [2.45, 2.75) is 18.5 Å². The zero-order valence-electron chi connectivity index (χ0n) is 13.5. The Morgan fingerprint density at radius 1 is 1.25 bits per heavy atom. The lowest BCUT2D eigenvalue weighted by atomic mass is 10.2. The van der Waals surface area contributed by atoms with Gasteiger partial charge in [0, 0.05) is 10.8 Å². The number of rotatable bonds is 5. The molecule has 0 N–H and O–H groups in total. The van der Waals surface area contributed by atoms with E-state index in [2.05, 4.69) is 11.9 Å². The lowest BCUT2D eigenvalue weighted by Gasteiger charge is -2.15. The Labute approximate surface area is 149 Å². The van der Waals surface area contributed by atoms with Crippen molar-refractivity contribution in [1.29, 1.82) is 0 Å². The monoisotopic (exact) mass is 360 g/mol. The van der Waals surface area contributed by atoms with Crippen LogP contribution in [0.3, 0.4) is 0 Å². The van der Waals surface area contributed by atoms with Crippen LogP contribution < -0.4 is 10.3 Å². The van der Waals surface area contributed by atoms with E-state index in [0.717, 1.165) is 12.2 Å². The van der Waals surface area contributed by atoms with Crippen molar-refractivity contribution in [3.63, 3.8) is 0 Å². The van der Waals surface area contributed by atoms with Crippen molar-refractivity contribution >= 4 is 34.3 Å². The highest BCUT2D eigenvalue weighted by molar-refractivity contribution is 7.99. The summed E-state index contributed by atoms with van der Waals surface area (Å²) in [5.74, 6) is 1.50. The second-order valence-electron chi connectivity index (χ2n) is 5.22. The Hall–Kier alpha value is -1.98. The molecule has 0 unspecified atom stereocenters. The first-order valence-electron chi connectivity index (χ1n) is 7.64. The summed E-state index contributed by atoms with van der Waals surface area (Å²) in [6, 6.07) is 12.6. The number of halogens is 1. The van der Waals surface area contributed by atoms with E-state index < -0.39 is 0 Å². The van der Waals surface area contributed by atoms with Gasteiger partial charge in [-0.15, -0.1) is 0 Å². The fourth-order valence-electron chi connectivity index (χ4n) is 2.46. The van der Waals surface area contributed by atoms with Crippen molar-refractivity contribution in [3.05, 3.63) is 57.8 Å². The third kappa shape index (κ3) is 3.14. The number of aromatic nitrogens is 2. The van der Waals surface area contributed by atoms with Crippen molar-refractivity contribution in [2.24, 2.45) is 0 Å². The van der Waals surface area contributed by atoms with Gasteiger partial charge in [-0.05, 0) is 36.8 Å². The number of para-hydroxylation sites is 2. The third-order valence-electron chi connectivity index (χ3n) is 3.56. The van der Waals surface area contributed by atoms with Gasteiger partial charge in [-0.1, -0.05) is 42.4 Å². The molecule has 0 saturated carbocycles. The maximum Gasteiger partial charge on any atom is 0.266 e. The van der Waals surface area contributed by atoms with Gasteiger partial charge in [0.1, 0.15) is 5.75 Å². The van der Waals surface area contributed by atoms with E-state index in [1.165, 1.54) is 0 Å². The molecule has 6 heteroatoms. The van der Waals surface area contributed by atoms with E-state index in [9.17, 15) is 4.79 Å². The Kier molecular flexibility index (Phi) is 5.11. The van der Waals surface area contributed by atoms with Crippen LogP contribution in [0.25, 0.3) is 16.6 Å². The maximum absolute atomic E-state index is 13.1. The molecule has 1 heterocycles. The third-order valence-corrected chi connectivity index (χ3v) is 4.94. The molecule has 0 aliphatic rings. The average molecular weight is 361 g/mol. The molecule has 2 aromatic carbocycles. The summed E-state index contributed by atoms with van der Waals surface area (Å²) in [7, 11) is 1.59. The highest BCUT2D eigenvalue weighted by Gasteiger charge is 2.16. The average Bonchev–Trinajstić information content (AvgIpc) is 2.59. The van der Waals surface area contributed by atoms with E-state index in [0.29, 0.717) is 32.5 Å². The van der Waals surface area contributed by atoms with Crippen molar-refractivity contribution in [1.82, 2.24) is 9.55 Å². The second kappa shape index (κ2) is 7.28. The Bertz CT molecular complexity index is 940. The molecule has 0 spiro atoms. The van der Waals surface area contributed by atoms with Gasteiger partial charge in [-0.25, -0.2) is 4.98 Å². The highest BCUT2D eigenvalue weighted by Crippen LogP contribution is 2.27. The zero-order chi connectivity index (χ0) is 17.1. The summed E-state index contributed by atoms with van der Waals surface area (Å²) >= 11 is 7.61. The normalized spacial score (nSPS) is 11.0. The van der Waals surface area contributed by atoms with E-state index >= 15 is 0 Å². The molecule has 0 bridgehead atoms. The summed E-state index contributed by atoms with van der Waals surface area (Å²) in [6.07, 6.45) is 0.986. The van der Waals surface area contributed by atoms with Gasteiger partial charge in [0.25, 0.3) is 5.56 Å². The van der Waals surface area contributed by atoms with Gasteiger partial charge < -0.3 is 4.74 Å². The molecule has 0 radical (unpaired) electrons. The van der Waals surface area contributed by atoms with Crippen molar-refractivity contribution in [2.75, 3.05) is 12.9 Å². The molecule has 3 rings (SSSR count). The quantitative estimate of drug-likeness (QED) is 0.494. The van der Waals surface area contributed by atoms with Crippen LogP contribution in [-0.2, 0) is 0 Å². The van der Waals surface area contributed by atoms with Crippen LogP contribution in [0, 0.1) is 0 Å². The molecule has 4 nitrogen and oxygen atoms in total. The van der Waals surface area contributed by atoms with Crippen molar-refractivity contribution < 1.29 is 4.74 Å². The largest absolute Gasteiger partial charge is 0.495 e. The number of ether oxygens (including phenoxy) is 1. The fourth-order valence-corrected chi connectivity index (χ4v) is 3.48. The molecule has 0 aliphatic heterocycles. The molecular weight excluding hydrogens is 344 g/mol. The van der Waals surface area contributed by atoms with Crippen LogP contribution in [0.1, 0.15) is 13.3 Å². The Morgan fingerprint density at radius 2 is 2.04 bits per heavy atom. The molecule has 0 aliphatic carbocycles. The number of benzene rings is 2. The molecule has 0 amide bonds. The van der Waals surface area contributed by atoms with Gasteiger partial charge in [0.15, 0.2) is 5.16 Å². The van der Waals surface area contributed by atoms with Gasteiger partial charge >= 0.3 is 0 Å². The van der Waals surface area contributed by atoms with Crippen LogP contribution in [0.4, 0.5) is 0 Å². The fraction of sp³-hybridized carbons (Fsp3) is 0.222. The molecule has 24 heavy (non-hydrogen) atoms. The topological polar surface area (TPSA) is 44.1 Å². The Balaban J connectivity index is 2.33. The van der Waals surface area contributed by atoms with Gasteiger partial charge in [0.2, 0.25) is 0 Å². The smallest absolute Gasteiger partial charge is 0.266 e. The first kappa shape index (κ1) is 16.9. The predicted molar refractivity (Wildman–Crippen MR) is 99.9 cm³/mol. The van der Waals surface area contributed by atoms with Crippen LogP contribution in [0.5, 0.6) is 5.75 Å². The number of fused-ring (bicyclic) bond motifs is 1. The minimum Gasteiger partial charge on any atom is -0.495 e. The summed E-state index contributed by atoms with van der Waals surface area (Å²) in [4.78, 5) is 17.8. The minimum atomic E-state index is -0.125. The van der Waals surface area contributed by atoms with Crippen molar-refractivity contribution in [3.8, 4) is 11.4 Å². The highest BCUT2D eigenvalue weighted by atomic mass is 35.5. The summed E-state index contributed by atoms with van der Waals surface area (Å²) in [6.45, 7) is 2.09. The molecule has 0 saturated heterocycles. The second-order valence-corrected chi connectivity index (χ2v) is 6.72. The van der Waals surface area contributed by atoms with E-state index in [1.807, 2.05) is 24.3 Å². The number of nitrogens with zero attached hydrogens (tertiary/aromatic N) is 2. The van der Waals surface area contributed by atoms with Crippen LogP contribution in [-0.4, -0.2) is 22.4 Å². The van der Waals surface area contributed by atoms with Crippen LogP contribution in [0.2, 0.25) is 5.02 Å². The first-order valence-corrected chi connectivity index (χ1v) is 9.00. The molecule has 0 atom stereocenters. The van der Waals surface area contributed by atoms with Crippen LogP contribution >= 0.6 is 23.4 Å². The molecule has 124 valence electrons. The van der Waals surface area contributed by atoms with Gasteiger partial charge in [-0.3, -0.25) is 9.36 Å². The van der Waals surface area contributed by atoms with E-state index in [1.54, 1.807) is 41.6 Å². The number of thioether (sulfide) groups is 1. The summed E-state index contributed by atoms with van der Waals surface area (Å²) < 4.78 is 7.05. The number of hydrogen-bond acceptors (Lipinski definition) is 4. The maximum atomic E-state index is 13.1. The zero-order valence-corrected chi connectivity index (χ0v) is 15.0. The first-order chi connectivity index (χ1) is 11.7. The van der Waals surface area contributed by atoms with Gasteiger partial charge in [0.05, 0.1) is 23.7 Å². The molecule has 3 aromatic rings. The predicted octanol–water partition coefficient (Wildman–Crippen LogP) is 4.55. The summed E-state index contributed by atoms with van der Waals surface area (Å²) in [5.41, 5.74) is 1.17. The lowest BCUT2D eigenvalue weighted by Crippen LogP contribution is -2.22.